The average molecular weight is 317 g/mol. The predicted octanol–water partition coefficient (Wildman–Crippen LogP) is 1.55. The van der Waals surface area contributed by atoms with E-state index in [1.54, 1.807) is 38.1 Å². The van der Waals surface area contributed by atoms with E-state index in [1.165, 1.54) is 6.92 Å². The zero-order valence-corrected chi connectivity index (χ0v) is 13.3. The van der Waals surface area contributed by atoms with Crippen LogP contribution in [-0.2, 0) is 9.59 Å². The van der Waals surface area contributed by atoms with E-state index in [4.69, 9.17) is 0 Å². The van der Waals surface area contributed by atoms with E-state index in [1.807, 2.05) is 0 Å². The standard InChI is InChI=1S/C16H19N3O4/c1-4-16(3)14(22)19(15(23)18-16)9-13(21)17-12-7-5-11(6-8-12)10(2)20/h5-8H,4,9H2,1-3H3,(H,17,21)(H,18,23)/t16-/m1/s1. The lowest BCUT2D eigenvalue weighted by molar-refractivity contribution is -0.133. The lowest BCUT2D eigenvalue weighted by atomic mass is 9.99. The van der Waals surface area contributed by atoms with Crippen molar-refractivity contribution < 1.29 is 19.2 Å². The van der Waals surface area contributed by atoms with Gasteiger partial charge in [-0.25, -0.2) is 4.79 Å². The Morgan fingerprint density at radius 3 is 2.30 bits per heavy atom. The van der Waals surface area contributed by atoms with Gasteiger partial charge in [0.2, 0.25) is 5.91 Å². The Labute approximate surface area is 134 Å². The Hall–Kier alpha value is -2.70. The van der Waals surface area contributed by atoms with Crippen molar-refractivity contribution in [2.45, 2.75) is 32.7 Å². The number of hydrogen-bond donors (Lipinski definition) is 2. The highest BCUT2D eigenvalue weighted by molar-refractivity contribution is 6.09. The first kappa shape index (κ1) is 16.7. The molecule has 0 aromatic heterocycles. The van der Waals surface area contributed by atoms with Gasteiger partial charge in [0.05, 0.1) is 0 Å². The Bertz CT molecular complexity index is 668. The van der Waals surface area contributed by atoms with Crippen LogP contribution in [0, 0.1) is 0 Å². The first-order valence-electron chi connectivity index (χ1n) is 7.32. The third-order valence-electron chi connectivity index (χ3n) is 3.93. The van der Waals surface area contributed by atoms with Gasteiger partial charge >= 0.3 is 6.03 Å². The molecule has 1 heterocycles. The topological polar surface area (TPSA) is 95.6 Å². The maximum absolute atomic E-state index is 12.2. The van der Waals surface area contributed by atoms with Crippen molar-refractivity contribution in [2.24, 2.45) is 0 Å². The number of nitrogens with zero attached hydrogens (tertiary/aromatic N) is 1. The lowest BCUT2D eigenvalue weighted by Crippen LogP contribution is -2.44. The minimum absolute atomic E-state index is 0.0685. The molecule has 0 aliphatic carbocycles. The Balaban J connectivity index is 2.01. The average Bonchev–Trinajstić information content (AvgIpc) is 2.72. The van der Waals surface area contributed by atoms with Gasteiger partial charge < -0.3 is 10.6 Å². The quantitative estimate of drug-likeness (QED) is 0.636. The molecule has 122 valence electrons. The van der Waals surface area contributed by atoms with Crippen molar-refractivity contribution in [3.05, 3.63) is 29.8 Å². The normalized spacial score (nSPS) is 20.4. The zero-order chi connectivity index (χ0) is 17.2. The number of anilines is 1. The molecule has 2 rings (SSSR count). The number of ketones is 1. The Morgan fingerprint density at radius 2 is 1.83 bits per heavy atom. The predicted molar refractivity (Wildman–Crippen MR) is 84.0 cm³/mol. The summed E-state index contributed by atoms with van der Waals surface area (Å²) in [4.78, 5) is 48.2. The SMILES string of the molecule is CC[C@@]1(C)NC(=O)N(CC(=O)Nc2ccc(C(C)=O)cc2)C1=O. The van der Waals surface area contributed by atoms with E-state index < -0.39 is 23.4 Å². The monoisotopic (exact) mass is 317 g/mol. The highest BCUT2D eigenvalue weighted by Crippen LogP contribution is 2.20. The van der Waals surface area contributed by atoms with E-state index in [2.05, 4.69) is 10.6 Å². The van der Waals surface area contributed by atoms with Crippen LogP contribution >= 0.6 is 0 Å². The van der Waals surface area contributed by atoms with Crippen LogP contribution < -0.4 is 10.6 Å². The molecule has 2 N–H and O–H groups in total. The number of Topliss-reactive ketones (excluding diaryl/α,β-unsaturated/α-hetero) is 1. The van der Waals surface area contributed by atoms with E-state index in [0.717, 1.165) is 4.90 Å². The van der Waals surface area contributed by atoms with Gasteiger partial charge in [-0.05, 0) is 44.5 Å². The molecule has 1 atom stereocenters. The lowest BCUT2D eigenvalue weighted by Gasteiger charge is -2.19. The second kappa shape index (κ2) is 6.20. The molecule has 1 aromatic carbocycles. The van der Waals surface area contributed by atoms with Crippen LogP contribution in [0.2, 0.25) is 0 Å². The number of hydrogen-bond acceptors (Lipinski definition) is 4. The minimum atomic E-state index is -0.958. The summed E-state index contributed by atoms with van der Waals surface area (Å²) >= 11 is 0. The molecule has 1 aliphatic rings. The first-order chi connectivity index (χ1) is 10.8. The van der Waals surface area contributed by atoms with E-state index >= 15 is 0 Å². The summed E-state index contributed by atoms with van der Waals surface area (Å²) < 4.78 is 0. The van der Waals surface area contributed by atoms with Crippen LogP contribution in [0.25, 0.3) is 0 Å². The van der Waals surface area contributed by atoms with Gasteiger partial charge in [0.25, 0.3) is 5.91 Å². The summed E-state index contributed by atoms with van der Waals surface area (Å²) in [7, 11) is 0. The molecular formula is C16H19N3O4. The number of amides is 4. The molecular weight excluding hydrogens is 298 g/mol. The number of imide groups is 1. The number of carbonyl (C=O) groups is 4. The molecule has 0 spiro atoms. The molecule has 0 unspecified atom stereocenters. The van der Waals surface area contributed by atoms with Gasteiger partial charge in [-0.2, -0.15) is 0 Å². The van der Waals surface area contributed by atoms with Crippen LogP contribution in [0.4, 0.5) is 10.5 Å². The summed E-state index contributed by atoms with van der Waals surface area (Å²) in [5, 5.41) is 5.19. The smallest absolute Gasteiger partial charge is 0.325 e. The van der Waals surface area contributed by atoms with Crippen LogP contribution in [0.15, 0.2) is 24.3 Å². The highest BCUT2D eigenvalue weighted by atomic mass is 16.2. The van der Waals surface area contributed by atoms with Crippen molar-refractivity contribution in [1.82, 2.24) is 10.2 Å². The molecule has 7 nitrogen and oxygen atoms in total. The van der Waals surface area contributed by atoms with Gasteiger partial charge in [-0.3, -0.25) is 19.3 Å². The molecule has 1 aromatic rings. The van der Waals surface area contributed by atoms with Gasteiger partial charge in [0, 0.05) is 11.3 Å². The molecule has 0 radical (unpaired) electrons. The summed E-state index contributed by atoms with van der Waals surface area (Å²) in [5.74, 6) is -0.961. The fourth-order valence-electron chi connectivity index (χ4n) is 2.26. The molecule has 0 saturated carbocycles. The molecule has 23 heavy (non-hydrogen) atoms. The molecule has 1 saturated heterocycles. The van der Waals surface area contributed by atoms with Gasteiger partial charge in [0.1, 0.15) is 12.1 Å². The van der Waals surface area contributed by atoms with Crippen molar-refractivity contribution in [2.75, 3.05) is 11.9 Å². The maximum Gasteiger partial charge on any atom is 0.325 e. The highest BCUT2D eigenvalue weighted by Gasteiger charge is 2.46. The Kier molecular flexibility index (Phi) is 4.49. The number of benzene rings is 1. The summed E-state index contributed by atoms with van der Waals surface area (Å²) in [6.45, 7) is 4.52. The molecule has 1 aliphatic heterocycles. The summed E-state index contributed by atoms with van der Waals surface area (Å²) in [6.07, 6.45) is 0.447. The fourth-order valence-corrected chi connectivity index (χ4v) is 2.26. The van der Waals surface area contributed by atoms with Crippen molar-refractivity contribution in [3.8, 4) is 0 Å². The number of carbonyl (C=O) groups excluding carboxylic acids is 4. The first-order valence-corrected chi connectivity index (χ1v) is 7.32. The van der Waals surface area contributed by atoms with Crippen molar-refractivity contribution in [3.63, 3.8) is 0 Å². The van der Waals surface area contributed by atoms with Gasteiger partial charge in [-0.1, -0.05) is 6.92 Å². The van der Waals surface area contributed by atoms with Crippen LogP contribution in [0.3, 0.4) is 0 Å². The van der Waals surface area contributed by atoms with Crippen molar-refractivity contribution in [1.29, 1.82) is 0 Å². The zero-order valence-electron chi connectivity index (χ0n) is 13.3. The van der Waals surface area contributed by atoms with E-state index in [9.17, 15) is 19.2 Å². The second-order valence-electron chi connectivity index (χ2n) is 5.69. The number of rotatable bonds is 5. The fraction of sp³-hybridized carbons (Fsp3) is 0.375. The van der Waals surface area contributed by atoms with Crippen LogP contribution in [0.1, 0.15) is 37.6 Å². The summed E-state index contributed by atoms with van der Waals surface area (Å²) in [6, 6.07) is 5.81. The third kappa shape index (κ3) is 3.39. The molecule has 0 bridgehead atoms. The molecule has 1 fully saturated rings. The second-order valence-corrected chi connectivity index (χ2v) is 5.69. The summed E-state index contributed by atoms with van der Waals surface area (Å²) in [5.41, 5.74) is 0.0710. The van der Waals surface area contributed by atoms with Crippen LogP contribution in [0.5, 0.6) is 0 Å². The third-order valence-corrected chi connectivity index (χ3v) is 3.93. The number of urea groups is 1. The van der Waals surface area contributed by atoms with Gasteiger partial charge in [0.15, 0.2) is 5.78 Å². The van der Waals surface area contributed by atoms with Gasteiger partial charge in [-0.15, -0.1) is 0 Å². The molecule has 4 amide bonds. The maximum atomic E-state index is 12.2. The van der Waals surface area contributed by atoms with E-state index in [0.29, 0.717) is 17.7 Å². The molecule has 7 heteroatoms. The minimum Gasteiger partial charge on any atom is -0.325 e. The van der Waals surface area contributed by atoms with Crippen LogP contribution in [-0.4, -0.2) is 40.6 Å². The Morgan fingerprint density at radius 1 is 1.22 bits per heavy atom. The number of nitrogens with one attached hydrogen (secondary N) is 2. The van der Waals surface area contributed by atoms with Crippen molar-refractivity contribution >= 4 is 29.3 Å². The van der Waals surface area contributed by atoms with E-state index in [-0.39, 0.29) is 12.3 Å². The largest absolute Gasteiger partial charge is 0.325 e.